The second kappa shape index (κ2) is 16.3. The van der Waals surface area contributed by atoms with Crippen molar-refractivity contribution >= 4 is 19.6 Å². The van der Waals surface area contributed by atoms with Gasteiger partial charge in [-0.3, -0.25) is 4.57 Å². The maximum atomic E-state index is 13.2. The first kappa shape index (κ1) is 26.6. The molecule has 1 unspecified atom stereocenters. The molecule has 0 spiro atoms. The van der Waals surface area contributed by atoms with Gasteiger partial charge in [0.15, 0.2) is 0 Å². The Bertz CT molecular complexity index is 634. The van der Waals surface area contributed by atoms with E-state index in [9.17, 15) is 9.36 Å². The van der Waals surface area contributed by atoms with Gasteiger partial charge in [-0.15, -0.1) is 0 Å². The van der Waals surface area contributed by atoms with Crippen molar-refractivity contribution in [3.8, 4) is 0 Å². The molecule has 0 heterocycles. The van der Waals surface area contributed by atoms with E-state index in [-0.39, 0.29) is 13.2 Å². The number of rotatable bonds is 17. The van der Waals surface area contributed by atoms with Gasteiger partial charge in [-0.2, -0.15) is 0 Å². The quantitative estimate of drug-likeness (QED) is 0.110. The van der Waals surface area contributed by atoms with E-state index in [1.165, 1.54) is 38.2 Å². The average Bonchev–Trinajstić information content (AvgIpc) is 2.74. The molecule has 0 radical (unpaired) electrons. The molecule has 6 heteroatoms. The van der Waals surface area contributed by atoms with E-state index < -0.39 is 19.4 Å². The van der Waals surface area contributed by atoms with Crippen LogP contribution in [0.1, 0.15) is 84.1 Å². The molecule has 0 saturated heterocycles. The Morgan fingerprint density at radius 1 is 0.900 bits per heavy atom. The van der Waals surface area contributed by atoms with E-state index in [1.54, 1.807) is 19.9 Å². The van der Waals surface area contributed by atoms with Crippen LogP contribution in [0.2, 0.25) is 0 Å². The Labute approximate surface area is 182 Å². The maximum Gasteiger partial charge on any atom is 0.370 e. The van der Waals surface area contributed by atoms with Gasteiger partial charge in [0.05, 0.1) is 13.2 Å². The summed E-state index contributed by atoms with van der Waals surface area (Å²) in [6.07, 6.45) is 12.8. The van der Waals surface area contributed by atoms with Gasteiger partial charge in [-0.1, -0.05) is 82.2 Å². The van der Waals surface area contributed by atoms with Gasteiger partial charge in [0.2, 0.25) is 5.85 Å². The first-order valence-corrected chi connectivity index (χ1v) is 13.0. The Kier molecular flexibility index (Phi) is 14.5. The molecule has 0 amide bonds. The molecule has 1 atom stereocenters. The highest BCUT2D eigenvalue weighted by Gasteiger charge is 2.38. The standard InChI is InChI=1S/C24H39O5P/c1-4-7-8-9-10-11-12-16-19-24(30(26,27-5-2)28-6-3)29-23(25)21-20-22-17-14-13-15-18-22/h13-15,17-18,20-21,24H,4-12,16,19H2,1-3H3/b21-20+. The highest BCUT2D eigenvalue weighted by atomic mass is 31.2. The number of ether oxygens (including phenoxy) is 1. The monoisotopic (exact) mass is 438 g/mol. The molecule has 0 aliphatic heterocycles. The first-order valence-electron chi connectivity index (χ1n) is 11.4. The van der Waals surface area contributed by atoms with Crippen LogP contribution in [0, 0.1) is 0 Å². The third kappa shape index (κ3) is 11.1. The van der Waals surface area contributed by atoms with Gasteiger partial charge in [-0.25, -0.2) is 4.79 Å². The number of carbonyl (C=O) groups excluding carboxylic acids is 1. The molecule has 0 aromatic heterocycles. The molecule has 0 bridgehead atoms. The van der Waals surface area contributed by atoms with E-state index in [0.29, 0.717) is 6.42 Å². The molecule has 1 aromatic rings. The molecule has 5 nitrogen and oxygen atoms in total. The van der Waals surface area contributed by atoms with Crippen LogP contribution in [0.5, 0.6) is 0 Å². The highest BCUT2D eigenvalue weighted by molar-refractivity contribution is 7.54. The fraction of sp³-hybridized carbons (Fsp3) is 0.625. The van der Waals surface area contributed by atoms with Crippen LogP contribution in [0.3, 0.4) is 0 Å². The van der Waals surface area contributed by atoms with Crippen LogP contribution in [-0.2, 0) is 23.1 Å². The van der Waals surface area contributed by atoms with Gasteiger partial charge in [0.1, 0.15) is 0 Å². The lowest BCUT2D eigenvalue weighted by Crippen LogP contribution is -2.20. The minimum Gasteiger partial charge on any atom is -0.446 e. The molecule has 0 saturated carbocycles. The van der Waals surface area contributed by atoms with Crippen LogP contribution in [0.4, 0.5) is 0 Å². The summed E-state index contributed by atoms with van der Waals surface area (Å²) < 4.78 is 29.7. The Morgan fingerprint density at radius 3 is 2.03 bits per heavy atom. The van der Waals surface area contributed by atoms with Gasteiger partial charge in [-0.05, 0) is 38.3 Å². The number of carbonyl (C=O) groups is 1. The number of unbranched alkanes of at least 4 members (excludes halogenated alkanes) is 7. The molecule has 1 rings (SSSR count). The average molecular weight is 439 g/mol. The highest BCUT2D eigenvalue weighted by Crippen LogP contribution is 2.55. The number of esters is 1. The molecule has 170 valence electrons. The van der Waals surface area contributed by atoms with Crippen molar-refractivity contribution in [2.75, 3.05) is 13.2 Å². The van der Waals surface area contributed by atoms with E-state index in [1.807, 2.05) is 30.3 Å². The molecule has 0 aliphatic rings. The minimum atomic E-state index is -3.53. The topological polar surface area (TPSA) is 61.8 Å². The van der Waals surface area contributed by atoms with E-state index in [4.69, 9.17) is 13.8 Å². The first-order chi connectivity index (χ1) is 14.6. The van der Waals surface area contributed by atoms with Crippen molar-refractivity contribution in [3.63, 3.8) is 0 Å². The predicted molar refractivity (Wildman–Crippen MR) is 123 cm³/mol. The van der Waals surface area contributed by atoms with Crippen molar-refractivity contribution in [1.82, 2.24) is 0 Å². The summed E-state index contributed by atoms with van der Waals surface area (Å²) in [6.45, 7) is 6.21. The van der Waals surface area contributed by atoms with Crippen molar-refractivity contribution < 1.29 is 23.1 Å². The predicted octanol–water partition coefficient (Wildman–Crippen LogP) is 7.37. The molecule has 1 aromatic carbocycles. The molecular weight excluding hydrogens is 399 g/mol. The Balaban J connectivity index is 2.64. The van der Waals surface area contributed by atoms with Crippen molar-refractivity contribution in [2.24, 2.45) is 0 Å². The van der Waals surface area contributed by atoms with Crippen LogP contribution in [0.25, 0.3) is 6.08 Å². The smallest absolute Gasteiger partial charge is 0.370 e. The van der Waals surface area contributed by atoms with Crippen LogP contribution < -0.4 is 0 Å². The third-order valence-corrected chi connectivity index (χ3v) is 7.04. The number of benzene rings is 1. The van der Waals surface area contributed by atoms with Crippen LogP contribution >= 0.6 is 7.60 Å². The second-order valence-corrected chi connectivity index (χ2v) is 9.45. The number of hydrogen-bond donors (Lipinski definition) is 0. The maximum absolute atomic E-state index is 13.2. The Morgan fingerprint density at radius 2 is 1.47 bits per heavy atom. The summed E-state index contributed by atoms with van der Waals surface area (Å²) in [5.74, 6) is -1.42. The minimum absolute atomic E-state index is 0.239. The van der Waals surface area contributed by atoms with Gasteiger partial charge in [0, 0.05) is 6.08 Å². The van der Waals surface area contributed by atoms with Crippen molar-refractivity contribution in [1.29, 1.82) is 0 Å². The molecule has 0 aliphatic carbocycles. The largest absolute Gasteiger partial charge is 0.446 e. The fourth-order valence-electron chi connectivity index (χ4n) is 3.20. The zero-order chi connectivity index (χ0) is 22.1. The summed E-state index contributed by atoms with van der Waals surface area (Å²) in [7, 11) is -3.53. The zero-order valence-electron chi connectivity index (χ0n) is 18.9. The van der Waals surface area contributed by atoms with Crippen LogP contribution in [0.15, 0.2) is 36.4 Å². The SMILES string of the molecule is CCCCCCCCCCC(OC(=O)/C=C/c1ccccc1)P(=O)(OCC)OCC. The third-order valence-electron chi connectivity index (χ3n) is 4.74. The summed E-state index contributed by atoms with van der Waals surface area (Å²) >= 11 is 0. The summed E-state index contributed by atoms with van der Waals surface area (Å²) in [4.78, 5) is 12.4. The molecular formula is C24H39O5P. The van der Waals surface area contributed by atoms with Gasteiger partial charge in [0.25, 0.3) is 0 Å². The summed E-state index contributed by atoms with van der Waals surface area (Å²) in [5, 5.41) is 0. The van der Waals surface area contributed by atoms with Crippen LogP contribution in [-0.4, -0.2) is 25.0 Å². The lowest BCUT2D eigenvalue weighted by molar-refractivity contribution is -0.140. The lowest BCUT2D eigenvalue weighted by atomic mass is 10.1. The molecule has 0 N–H and O–H groups in total. The fourth-order valence-corrected chi connectivity index (χ4v) is 5.06. The van der Waals surface area contributed by atoms with Crippen molar-refractivity contribution in [2.45, 2.75) is 84.4 Å². The van der Waals surface area contributed by atoms with Gasteiger partial charge < -0.3 is 13.8 Å². The summed E-state index contributed by atoms with van der Waals surface area (Å²) in [6, 6.07) is 9.50. The van der Waals surface area contributed by atoms with Gasteiger partial charge >= 0.3 is 13.6 Å². The zero-order valence-corrected chi connectivity index (χ0v) is 19.8. The van der Waals surface area contributed by atoms with Crippen molar-refractivity contribution in [3.05, 3.63) is 42.0 Å². The van der Waals surface area contributed by atoms with E-state index >= 15 is 0 Å². The van der Waals surface area contributed by atoms with E-state index in [0.717, 1.165) is 24.8 Å². The molecule has 0 fully saturated rings. The Hall–Kier alpha value is -1.42. The number of hydrogen-bond acceptors (Lipinski definition) is 5. The second-order valence-electron chi connectivity index (χ2n) is 7.27. The van der Waals surface area contributed by atoms with E-state index in [2.05, 4.69) is 6.92 Å². The summed E-state index contributed by atoms with van der Waals surface area (Å²) in [5.41, 5.74) is 0.895. The lowest BCUT2D eigenvalue weighted by Gasteiger charge is -2.25. The normalized spacial score (nSPS) is 12.9. The molecule has 30 heavy (non-hydrogen) atoms.